The van der Waals surface area contributed by atoms with Gasteiger partial charge in [0.15, 0.2) is 5.82 Å². The molecule has 4 aromatic rings. The Morgan fingerprint density at radius 2 is 1.10 bits per heavy atom. The van der Waals surface area contributed by atoms with Crippen LogP contribution >= 0.6 is 0 Å². The van der Waals surface area contributed by atoms with E-state index in [-0.39, 0.29) is 25.5 Å². The predicted molar refractivity (Wildman–Crippen MR) is 179 cm³/mol. The van der Waals surface area contributed by atoms with E-state index in [2.05, 4.69) is 43.8 Å². The minimum Gasteiger partial charge on any atom is -0.490 e. The Balaban J connectivity index is 1.25. The Bertz CT molecular complexity index is 1790. The van der Waals surface area contributed by atoms with Crippen LogP contribution in [0.3, 0.4) is 0 Å². The Hall–Kier alpha value is -6.37. The van der Waals surface area contributed by atoms with Crippen molar-refractivity contribution < 1.29 is 28.2 Å². The van der Waals surface area contributed by atoms with Crippen molar-refractivity contribution in [2.24, 2.45) is 30.7 Å². The van der Waals surface area contributed by atoms with Crippen LogP contribution in [0, 0.1) is 5.82 Å². The van der Waals surface area contributed by atoms with Gasteiger partial charge in [0.25, 0.3) is 0 Å². The molecule has 0 spiro atoms. The summed E-state index contributed by atoms with van der Waals surface area (Å²) in [5.74, 6) is -0.959. The van der Waals surface area contributed by atoms with E-state index in [1.54, 1.807) is 66.7 Å². The van der Waals surface area contributed by atoms with E-state index >= 15 is 0 Å². The SMILES string of the molecule is C=CC(=O)OCCOc1ccc(N=Nc2ccc(N=Nc3ccc(N=Nc4ccc(N(C)CCOC(=O)C=C)cc4)cc3F)cc2)cc1. The van der Waals surface area contributed by atoms with E-state index in [9.17, 15) is 14.0 Å². The number of rotatable bonds is 16. The highest BCUT2D eigenvalue weighted by Crippen LogP contribution is 2.28. The topological polar surface area (TPSA) is 139 Å². The molecule has 0 aliphatic carbocycles. The molecule has 12 nitrogen and oxygen atoms in total. The molecule has 0 saturated heterocycles. The molecule has 0 heterocycles. The number of benzene rings is 4. The van der Waals surface area contributed by atoms with Gasteiger partial charge in [0.1, 0.15) is 31.3 Å². The molecule has 244 valence electrons. The van der Waals surface area contributed by atoms with Gasteiger partial charge < -0.3 is 19.1 Å². The third-order valence-electron chi connectivity index (χ3n) is 6.34. The largest absolute Gasteiger partial charge is 0.490 e. The molecule has 0 N–H and O–H groups in total. The number of hydrogen-bond donors (Lipinski definition) is 0. The highest BCUT2D eigenvalue weighted by Gasteiger charge is 2.05. The lowest BCUT2D eigenvalue weighted by Gasteiger charge is -2.18. The summed E-state index contributed by atoms with van der Waals surface area (Å²) in [5.41, 5.74) is 3.57. The van der Waals surface area contributed by atoms with Crippen LogP contribution in [0.5, 0.6) is 5.75 Å². The second-order valence-electron chi connectivity index (χ2n) is 9.78. The fourth-order valence-corrected chi connectivity index (χ4v) is 3.78. The summed E-state index contributed by atoms with van der Waals surface area (Å²) in [7, 11) is 1.87. The second kappa shape index (κ2) is 17.9. The summed E-state index contributed by atoms with van der Waals surface area (Å²) >= 11 is 0. The van der Waals surface area contributed by atoms with Gasteiger partial charge in [0.2, 0.25) is 0 Å². The Labute approximate surface area is 276 Å². The van der Waals surface area contributed by atoms with Gasteiger partial charge in [-0.1, -0.05) is 13.2 Å². The molecule has 0 amide bonds. The molecule has 0 fully saturated rings. The number of hydrogen-bond acceptors (Lipinski definition) is 12. The molecule has 0 unspecified atom stereocenters. The maximum atomic E-state index is 14.7. The van der Waals surface area contributed by atoms with Crippen molar-refractivity contribution in [1.82, 2.24) is 0 Å². The van der Waals surface area contributed by atoms with Crippen molar-refractivity contribution in [1.29, 1.82) is 0 Å². The average molecular weight is 650 g/mol. The third kappa shape index (κ3) is 11.2. The zero-order chi connectivity index (χ0) is 34.1. The van der Waals surface area contributed by atoms with Gasteiger partial charge in [-0.15, -0.1) is 5.11 Å². The number of esters is 2. The molecular weight excluding hydrogens is 617 g/mol. The van der Waals surface area contributed by atoms with Crippen LogP contribution in [0.25, 0.3) is 0 Å². The van der Waals surface area contributed by atoms with Gasteiger partial charge in [-0.2, -0.15) is 25.6 Å². The molecule has 48 heavy (non-hydrogen) atoms. The highest BCUT2D eigenvalue weighted by atomic mass is 19.1. The van der Waals surface area contributed by atoms with Crippen LogP contribution < -0.4 is 9.64 Å². The zero-order valence-corrected chi connectivity index (χ0v) is 26.1. The first-order valence-electron chi connectivity index (χ1n) is 14.6. The van der Waals surface area contributed by atoms with E-state index in [0.717, 1.165) is 17.8 Å². The highest BCUT2D eigenvalue weighted by molar-refractivity contribution is 5.81. The molecule has 13 heteroatoms. The normalized spacial score (nSPS) is 11.1. The lowest BCUT2D eigenvalue weighted by atomic mass is 10.2. The molecule has 0 aliphatic heterocycles. The van der Waals surface area contributed by atoms with E-state index in [1.807, 2.05) is 24.1 Å². The molecular formula is C35H32FN7O5. The number of nitrogens with zero attached hydrogens (tertiary/aromatic N) is 7. The number of anilines is 1. The smallest absolute Gasteiger partial charge is 0.330 e. The van der Waals surface area contributed by atoms with Gasteiger partial charge in [0, 0.05) is 31.0 Å². The van der Waals surface area contributed by atoms with Crippen LogP contribution in [0.1, 0.15) is 0 Å². The van der Waals surface area contributed by atoms with Crippen LogP contribution in [0.2, 0.25) is 0 Å². The maximum Gasteiger partial charge on any atom is 0.330 e. The number of halogens is 1. The Morgan fingerprint density at radius 3 is 1.65 bits per heavy atom. The molecule has 0 aromatic heterocycles. The van der Waals surface area contributed by atoms with Crippen LogP contribution in [-0.4, -0.2) is 45.4 Å². The van der Waals surface area contributed by atoms with Crippen molar-refractivity contribution in [2.45, 2.75) is 0 Å². The molecule has 0 bridgehead atoms. The Morgan fingerprint density at radius 1 is 0.646 bits per heavy atom. The quantitative estimate of drug-likeness (QED) is 0.0513. The minimum absolute atomic E-state index is 0.0501. The summed E-state index contributed by atoms with van der Waals surface area (Å²) in [5, 5.41) is 24.8. The number of azo groups is 3. The van der Waals surface area contributed by atoms with Crippen molar-refractivity contribution in [3.8, 4) is 5.75 Å². The predicted octanol–water partition coefficient (Wildman–Crippen LogP) is 9.35. The fraction of sp³-hybridized carbons (Fsp3) is 0.143. The van der Waals surface area contributed by atoms with E-state index in [1.165, 1.54) is 12.1 Å². The monoisotopic (exact) mass is 649 g/mol. The number of carbonyl (C=O) groups is 2. The Kier molecular flexibility index (Phi) is 12.9. The standard InChI is InChI=1S/C35H32FN7O5/c1-4-34(44)47-21-20-43(3)30-15-10-27(11-16-30)39-41-29-14-19-33(32(36)24-29)42-40-26-8-6-25(7-9-26)37-38-28-12-17-31(18-13-28)46-22-23-48-35(45)5-2/h4-19,24H,1-2,20-23H2,3H3. The molecule has 0 atom stereocenters. The van der Waals surface area contributed by atoms with Gasteiger partial charge in [-0.3, -0.25) is 0 Å². The van der Waals surface area contributed by atoms with Crippen molar-refractivity contribution in [3.63, 3.8) is 0 Å². The summed E-state index contributed by atoms with van der Waals surface area (Å²) in [4.78, 5) is 24.1. The third-order valence-corrected chi connectivity index (χ3v) is 6.34. The summed E-state index contributed by atoms with van der Waals surface area (Å²) < 4.78 is 30.1. The molecule has 0 aliphatic rings. The lowest BCUT2D eigenvalue weighted by Crippen LogP contribution is -2.23. The first kappa shape index (κ1) is 34.5. The molecule has 0 saturated carbocycles. The second-order valence-corrected chi connectivity index (χ2v) is 9.78. The van der Waals surface area contributed by atoms with Gasteiger partial charge in [-0.25, -0.2) is 14.0 Å². The van der Waals surface area contributed by atoms with Gasteiger partial charge in [-0.05, 0) is 84.9 Å². The van der Waals surface area contributed by atoms with Crippen molar-refractivity contribution in [3.05, 3.63) is 122 Å². The maximum absolute atomic E-state index is 14.7. The molecule has 0 radical (unpaired) electrons. The minimum atomic E-state index is -0.595. The number of ether oxygens (including phenoxy) is 3. The van der Waals surface area contributed by atoms with E-state index < -0.39 is 17.8 Å². The van der Waals surface area contributed by atoms with Gasteiger partial charge >= 0.3 is 11.9 Å². The summed E-state index contributed by atoms with van der Waals surface area (Å²) in [6, 6.07) is 25.3. The first-order chi connectivity index (χ1) is 23.3. The number of likely N-dealkylation sites (N-methyl/N-ethyl adjacent to an activating group) is 1. The lowest BCUT2D eigenvalue weighted by molar-refractivity contribution is -0.138. The van der Waals surface area contributed by atoms with E-state index in [4.69, 9.17) is 14.2 Å². The zero-order valence-electron chi connectivity index (χ0n) is 26.1. The summed E-state index contributed by atoms with van der Waals surface area (Å²) in [6.07, 6.45) is 2.22. The van der Waals surface area contributed by atoms with E-state index in [0.29, 0.717) is 40.7 Å². The van der Waals surface area contributed by atoms with Gasteiger partial charge in [0.05, 0.1) is 35.0 Å². The van der Waals surface area contributed by atoms with Crippen molar-refractivity contribution >= 4 is 51.8 Å². The summed E-state index contributed by atoms with van der Waals surface area (Å²) in [6.45, 7) is 7.77. The number of carbonyl (C=O) groups excluding carboxylic acids is 2. The molecule has 4 rings (SSSR count). The van der Waals surface area contributed by atoms with Crippen LogP contribution in [0.4, 0.5) is 44.2 Å². The van der Waals surface area contributed by atoms with Crippen LogP contribution in [-0.2, 0) is 19.1 Å². The fourth-order valence-electron chi connectivity index (χ4n) is 3.78. The van der Waals surface area contributed by atoms with Crippen LogP contribution in [0.15, 0.2) is 147 Å². The van der Waals surface area contributed by atoms with Crippen molar-refractivity contribution in [2.75, 3.05) is 38.3 Å². The molecule has 4 aromatic carbocycles. The average Bonchev–Trinajstić information content (AvgIpc) is 3.12. The first-order valence-corrected chi connectivity index (χ1v) is 14.6.